The van der Waals surface area contributed by atoms with Crippen LogP contribution in [0.5, 0.6) is 0 Å². The zero-order chi connectivity index (χ0) is 13.9. The topological polar surface area (TPSA) is 3.24 Å². The Kier molecular flexibility index (Phi) is 2.96. The predicted octanol–water partition coefficient (Wildman–Crippen LogP) is 5.16. The number of nitrogens with zero attached hydrogens (tertiary/aromatic N) is 1. The van der Waals surface area contributed by atoms with Crippen LogP contribution < -0.4 is 4.90 Å². The Hall–Kier alpha value is -0.500. The van der Waals surface area contributed by atoms with Crippen LogP contribution in [0.1, 0.15) is 44.1 Å². The van der Waals surface area contributed by atoms with Crippen molar-refractivity contribution in [2.24, 2.45) is 17.8 Å². The summed E-state index contributed by atoms with van der Waals surface area (Å²) >= 11 is 3.65. The van der Waals surface area contributed by atoms with Crippen LogP contribution in [0.2, 0.25) is 0 Å². The van der Waals surface area contributed by atoms with E-state index in [1.807, 2.05) is 0 Å². The van der Waals surface area contributed by atoms with Gasteiger partial charge in [0.2, 0.25) is 0 Å². The molecule has 1 aromatic rings. The summed E-state index contributed by atoms with van der Waals surface area (Å²) in [6.45, 7) is 2.25. The van der Waals surface area contributed by atoms with Crippen molar-refractivity contribution >= 4 is 21.6 Å². The predicted molar refractivity (Wildman–Crippen MR) is 88.2 cm³/mol. The molecular weight excluding hydrogens is 310 g/mol. The van der Waals surface area contributed by atoms with Crippen LogP contribution in [0.4, 0.5) is 5.69 Å². The Balaban J connectivity index is 1.71. The molecule has 0 unspecified atom stereocenters. The van der Waals surface area contributed by atoms with Gasteiger partial charge in [-0.15, -0.1) is 0 Å². The fraction of sp³-hybridized carbons (Fsp3) is 0.667. The summed E-state index contributed by atoms with van der Waals surface area (Å²) in [5, 5.41) is 0. The van der Waals surface area contributed by atoms with Crippen LogP contribution in [-0.4, -0.2) is 12.6 Å². The zero-order valence-corrected chi connectivity index (χ0v) is 14.1. The molecule has 4 saturated carbocycles. The third-order valence-electron chi connectivity index (χ3n) is 6.25. The average molecular weight is 334 g/mol. The molecule has 4 aliphatic carbocycles. The van der Waals surface area contributed by atoms with Crippen molar-refractivity contribution in [3.63, 3.8) is 0 Å². The van der Waals surface area contributed by atoms with Crippen LogP contribution >= 0.6 is 15.9 Å². The van der Waals surface area contributed by atoms with Crippen LogP contribution in [0, 0.1) is 24.7 Å². The summed E-state index contributed by atoms with van der Waals surface area (Å²) in [5.74, 6) is 3.03. The van der Waals surface area contributed by atoms with Crippen molar-refractivity contribution in [2.45, 2.75) is 51.0 Å². The lowest BCUT2D eigenvalue weighted by Gasteiger charge is -2.60. The highest BCUT2D eigenvalue weighted by atomic mass is 79.9. The van der Waals surface area contributed by atoms with E-state index in [2.05, 4.69) is 53.0 Å². The summed E-state index contributed by atoms with van der Waals surface area (Å²) < 4.78 is 1.20. The van der Waals surface area contributed by atoms with Gasteiger partial charge >= 0.3 is 0 Å². The smallest absolute Gasteiger partial charge is 0.0409 e. The van der Waals surface area contributed by atoms with Crippen LogP contribution in [-0.2, 0) is 0 Å². The Morgan fingerprint density at radius 3 is 2.15 bits per heavy atom. The first kappa shape index (κ1) is 13.2. The molecule has 4 aliphatic rings. The van der Waals surface area contributed by atoms with Crippen molar-refractivity contribution in [1.82, 2.24) is 0 Å². The highest BCUT2D eigenvalue weighted by Crippen LogP contribution is 2.58. The molecule has 1 aromatic carbocycles. The van der Waals surface area contributed by atoms with E-state index in [1.165, 1.54) is 54.2 Å². The standard InChI is InChI=1S/C18H24BrN/c1-12-3-4-16(19)8-17(12)20(2)18-9-13-5-14(10-18)7-15(6-13)11-18/h3-4,8,13-15H,5-7,9-11H2,1-2H3. The number of aryl methyl sites for hydroxylation is 1. The maximum atomic E-state index is 3.65. The van der Waals surface area contributed by atoms with Gasteiger partial charge < -0.3 is 4.90 Å². The molecule has 0 heterocycles. The van der Waals surface area contributed by atoms with Gasteiger partial charge in [0.1, 0.15) is 0 Å². The van der Waals surface area contributed by atoms with E-state index in [1.54, 1.807) is 0 Å². The fourth-order valence-corrected chi connectivity index (χ4v) is 6.02. The molecule has 108 valence electrons. The van der Waals surface area contributed by atoms with Gasteiger partial charge in [-0.2, -0.15) is 0 Å². The second-order valence-electron chi connectivity index (χ2n) is 7.63. The average Bonchev–Trinajstić information content (AvgIpc) is 2.39. The van der Waals surface area contributed by atoms with E-state index in [4.69, 9.17) is 0 Å². The molecule has 0 radical (unpaired) electrons. The van der Waals surface area contributed by atoms with Gasteiger partial charge in [0.25, 0.3) is 0 Å². The quantitative estimate of drug-likeness (QED) is 0.722. The first-order chi connectivity index (χ1) is 9.56. The molecule has 0 amide bonds. The summed E-state index contributed by atoms with van der Waals surface area (Å²) in [7, 11) is 2.35. The van der Waals surface area contributed by atoms with E-state index < -0.39 is 0 Å². The summed E-state index contributed by atoms with van der Waals surface area (Å²) in [6, 6.07) is 6.72. The molecule has 1 nitrogen and oxygen atoms in total. The number of rotatable bonds is 2. The van der Waals surface area contributed by atoms with Gasteiger partial charge in [-0.25, -0.2) is 0 Å². The van der Waals surface area contributed by atoms with Crippen LogP contribution in [0.3, 0.4) is 0 Å². The van der Waals surface area contributed by atoms with Gasteiger partial charge in [-0.3, -0.25) is 0 Å². The molecule has 0 atom stereocenters. The lowest BCUT2D eigenvalue weighted by Crippen LogP contribution is -2.59. The third-order valence-corrected chi connectivity index (χ3v) is 6.74. The molecule has 4 fully saturated rings. The molecule has 4 bridgehead atoms. The minimum Gasteiger partial charge on any atom is -0.369 e. The van der Waals surface area contributed by atoms with E-state index in [-0.39, 0.29) is 0 Å². The second kappa shape index (κ2) is 4.50. The lowest BCUT2D eigenvalue weighted by molar-refractivity contribution is -0.00205. The minimum absolute atomic E-state index is 0.459. The first-order valence-electron chi connectivity index (χ1n) is 8.06. The summed E-state index contributed by atoms with van der Waals surface area (Å²) in [5.41, 5.74) is 3.30. The summed E-state index contributed by atoms with van der Waals surface area (Å²) in [4.78, 5) is 2.65. The lowest BCUT2D eigenvalue weighted by atomic mass is 9.52. The second-order valence-corrected chi connectivity index (χ2v) is 8.55. The van der Waals surface area contributed by atoms with Gasteiger partial charge in [-0.05, 0) is 80.9 Å². The molecule has 0 aliphatic heterocycles. The van der Waals surface area contributed by atoms with Crippen molar-refractivity contribution in [3.8, 4) is 0 Å². The molecule has 0 spiro atoms. The summed E-state index contributed by atoms with van der Waals surface area (Å²) in [6.07, 6.45) is 8.85. The zero-order valence-electron chi connectivity index (χ0n) is 12.5. The molecule has 0 N–H and O–H groups in total. The number of anilines is 1. The molecule has 5 rings (SSSR count). The Bertz CT molecular complexity index is 501. The Labute approximate surface area is 130 Å². The molecule has 0 aromatic heterocycles. The van der Waals surface area contributed by atoms with Gasteiger partial charge in [-0.1, -0.05) is 22.0 Å². The normalized spacial score (nSPS) is 38.2. The SMILES string of the molecule is Cc1ccc(Br)cc1N(C)C12CC3CC(CC(C3)C1)C2. The minimum atomic E-state index is 0.459. The molecule has 0 saturated heterocycles. The van der Waals surface area contributed by atoms with Gasteiger partial charge in [0, 0.05) is 22.7 Å². The van der Waals surface area contributed by atoms with Gasteiger partial charge in [0.15, 0.2) is 0 Å². The van der Waals surface area contributed by atoms with E-state index in [9.17, 15) is 0 Å². The van der Waals surface area contributed by atoms with E-state index >= 15 is 0 Å². The molecular formula is C18H24BrN. The van der Waals surface area contributed by atoms with Gasteiger partial charge in [0.05, 0.1) is 0 Å². The van der Waals surface area contributed by atoms with Crippen molar-refractivity contribution in [2.75, 3.05) is 11.9 Å². The third kappa shape index (κ3) is 1.94. The molecule has 2 heteroatoms. The Morgan fingerprint density at radius 2 is 1.60 bits per heavy atom. The maximum absolute atomic E-state index is 3.65. The number of hydrogen-bond acceptors (Lipinski definition) is 1. The first-order valence-corrected chi connectivity index (χ1v) is 8.85. The number of hydrogen-bond donors (Lipinski definition) is 0. The van der Waals surface area contributed by atoms with Crippen LogP contribution in [0.15, 0.2) is 22.7 Å². The monoisotopic (exact) mass is 333 g/mol. The number of halogens is 1. The highest BCUT2D eigenvalue weighted by molar-refractivity contribution is 9.10. The van der Waals surface area contributed by atoms with Crippen molar-refractivity contribution in [1.29, 1.82) is 0 Å². The number of benzene rings is 1. The van der Waals surface area contributed by atoms with Crippen LogP contribution in [0.25, 0.3) is 0 Å². The fourth-order valence-electron chi connectivity index (χ4n) is 5.68. The van der Waals surface area contributed by atoms with Crippen molar-refractivity contribution in [3.05, 3.63) is 28.2 Å². The largest absolute Gasteiger partial charge is 0.369 e. The highest BCUT2D eigenvalue weighted by Gasteiger charge is 2.52. The Morgan fingerprint density at radius 1 is 1.05 bits per heavy atom. The molecule has 20 heavy (non-hydrogen) atoms. The maximum Gasteiger partial charge on any atom is 0.0409 e. The van der Waals surface area contributed by atoms with E-state index in [0.717, 1.165) is 17.8 Å². The van der Waals surface area contributed by atoms with Crippen molar-refractivity contribution < 1.29 is 0 Å². The van der Waals surface area contributed by atoms with E-state index in [0.29, 0.717) is 5.54 Å².